The van der Waals surface area contributed by atoms with E-state index >= 15 is 0 Å². The van der Waals surface area contributed by atoms with Crippen LogP contribution in [-0.2, 0) is 0 Å². The van der Waals surface area contributed by atoms with E-state index in [1.165, 1.54) is 39.0 Å². The topological polar surface area (TPSA) is 32.5 Å². The lowest BCUT2D eigenvalue weighted by Gasteiger charge is -2.41. The highest BCUT2D eigenvalue weighted by molar-refractivity contribution is 4.91. The minimum atomic E-state index is 0.0424. The zero-order valence-electron chi connectivity index (χ0n) is 10.9. The fourth-order valence-corrected chi connectivity index (χ4v) is 3.12. The van der Waals surface area contributed by atoms with Crippen LogP contribution in [0.4, 0.5) is 0 Å². The zero-order chi connectivity index (χ0) is 11.6. The number of nitrogens with zero attached hydrogens (tertiary/aromatic N) is 2. The van der Waals surface area contributed by atoms with Gasteiger partial charge in [0, 0.05) is 37.8 Å². The summed E-state index contributed by atoms with van der Waals surface area (Å²) in [7, 11) is 0. The second-order valence-corrected chi connectivity index (χ2v) is 5.64. The molecule has 0 aromatic rings. The van der Waals surface area contributed by atoms with Crippen LogP contribution in [0, 0.1) is 0 Å². The third kappa shape index (κ3) is 2.58. The molecule has 94 valence electrons. The molecule has 1 atom stereocenters. The Morgan fingerprint density at radius 3 is 2.62 bits per heavy atom. The third-order valence-corrected chi connectivity index (χ3v) is 4.62. The molecular weight excluding hydrogens is 198 g/mol. The van der Waals surface area contributed by atoms with Gasteiger partial charge in [-0.1, -0.05) is 13.8 Å². The van der Waals surface area contributed by atoms with Gasteiger partial charge in [0.15, 0.2) is 0 Å². The lowest BCUT2D eigenvalue weighted by Crippen LogP contribution is -2.56. The second kappa shape index (κ2) is 5.03. The maximum Gasteiger partial charge on any atom is 0.0278 e. The summed E-state index contributed by atoms with van der Waals surface area (Å²) in [4.78, 5) is 5.26. The van der Waals surface area contributed by atoms with Crippen molar-refractivity contribution in [3.05, 3.63) is 0 Å². The smallest absolute Gasteiger partial charge is 0.0278 e. The summed E-state index contributed by atoms with van der Waals surface area (Å²) in [5.74, 6) is 0. The van der Waals surface area contributed by atoms with Gasteiger partial charge in [-0.2, -0.15) is 0 Å². The monoisotopic (exact) mass is 225 g/mol. The molecule has 0 aromatic heterocycles. The van der Waals surface area contributed by atoms with E-state index in [1.54, 1.807) is 0 Å². The van der Waals surface area contributed by atoms with E-state index < -0.39 is 0 Å². The first-order valence-corrected chi connectivity index (χ1v) is 6.92. The molecule has 16 heavy (non-hydrogen) atoms. The first-order chi connectivity index (χ1) is 7.67. The van der Waals surface area contributed by atoms with Gasteiger partial charge in [0.25, 0.3) is 0 Å². The first-order valence-electron chi connectivity index (χ1n) is 6.92. The minimum absolute atomic E-state index is 0.0424. The summed E-state index contributed by atoms with van der Waals surface area (Å²) in [6.45, 7) is 10.6. The van der Waals surface area contributed by atoms with E-state index in [4.69, 9.17) is 5.73 Å². The van der Waals surface area contributed by atoms with E-state index in [1.807, 2.05) is 0 Å². The van der Waals surface area contributed by atoms with E-state index in [9.17, 15) is 0 Å². The number of hydrogen-bond acceptors (Lipinski definition) is 3. The summed E-state index contributed by atoms with van der Waals surface area (Å²) in [6.07, 6.45) is 4.98. The van der Waals surface area contributed by atoms with Gasteiger partial charge in [-0.25, -0.2) is 0 Å². The predicted molar refractivity (Wildman–Crippen MR) is 68.5 cm³/mol. The van der Waals surface area contributed by atoms with Gasteiger partial charge in [-0.05, 0) is 32.2 Å². The summed E-state index contributed by atoms with van der Waals surface area (Å²) >= 11 is 0. The average Bonchev–Trinajstić information content (AvgIpc) is 2.76. The van der Waals surface area contributed by atoms with Crippen molar-refractivity contribution in [2.24, 2.45) is 5.73 Å². The molecule has 1 unspecified atom stereocenters. The molecule has 0 bridgehead atoms. The molecule has 2 saturated heterocycles. The summed E-state index contributed by atoms with van der Waals surface area (Å²) < 4.78 is 0. The Bertz CT molecular complexity index is 225. The van der Waals surface area contributed by atoms with Crippen molar-refractivity contribution < 1.29 is 0 Å². The van der Waals surface area contributed by atoms with Crippen molar-refractivity contribution in [3.63, 3.8) is 0 Å². The molecule has 0 aliphatic carbocycles. The highest BCUT2D eigenvalue weighted by atomic mass is 15.3. The molecular formula is C13H27N3. The van der Waals surface area contributed by atoms with Crippen LogP contribution in [0.15, 0.2) is 0 Å². The lowest BCUT2D eigenvalue weighted by atomic mass is 9.93. The summed E-state index contributed by atoms with van der Waals surface area (Å²) in [6, 6.07) is 0.826. The standard InChI is InChI=1S/C13H27N3/c1-3-13(14,4-2)11-15-8-9-16-7-5-6-12(16)10-15/h12H,3-11,14H2,1-2H3. The highest BCUT2D eigenvalue weighted by Crippen LogP contribution is 2.23. The minimum Gasteiger partial charge on any atom is -0.324 e. The maximum absolute atomic E-state index is 6.41. The van der Waals surface area contributed by atoms with Crippen LogP contribution in [0.5, 0.6) is 0 Å². The van der Waals surface area contributed by atoms with E-state index in [0.29, 0.717) is 0 Å². The van der Waals surface area contributed by atoms with Gasteiger partial charge < -0.3 is 5.73 Å². The fraction of sp³-hybridized carbons (Fsp3) is 1.00. The Hall–Kier alpha value is -0.120. The van der Waals surface area contributed by atoms with Gasteiger partial charge in [-0.3, -0.25) is 9.80 Å². The first kappa shape index (κ1) is 12.3. The Kier molecular flexibility index (Phi) is 3.88. The Morgan fingerprint density at radius 1 is 1.19 bits per heavy atom. The van der Waals surface area contributed by atoms with E-state index in [-0.39, 0.29) is 5.54 Å². The van der Waals surface area contributed by atoms with Crippen molar-refractivity contribution in [2.45, 2.75) is 51.1 Å². The summed E-state index contributed by atoms with van der Waals surface area (Å²) in [5, 5.41) is 0. The van der Waals surface area contributed by atoms with Crippen molar-refractivity contribution >= 4 is 0 Å². The number of nitrogens with two attached hydrogens (primary N) is 1. The van der Waals surface area contributed by atoms with Gasteiger partial charge in [0.05, 0.1) is 0 Å². The number of hydrogen-bond donors (Lipinski definition) is 1. The molecule has 2 aliphatic rings. The van der Waals surface area contributed by atoms with Crippen LogP contribution in [0.2, 0.25) is 0 Å². The Labute approximate surface area is 100.0 Å². The molecule has 2 heterocycles. The lowest BCUT2D eigenvalue weighted by molar-refractivity contribution is 0.0836. The highest BCUT2D eigenvalue weighted by Gasteiger charge is 2.33. The van der Waals surface area contributed by atoms with Crippen molar-refractivity contribution in [1.82, 2.24) is 9.80 Å². The summed E-state index contributed by atoms with van der Waals surface area (Å²) in [5.41, 5.74) is 6.45. The van der Waals surface area contributed by atoms with Crippen molar-refractivity contribution in [3.8, 4) is 0 Å². The van der Waals surface area contributed by atoms with Gasteiger partial charge in [0.1, 0.15) is 0 Å². The molecule has 2 rings (SSSR count). The average molecular weight is 225 g/mol. The molecule has 2 aliphatic heterocycles. The molecule has 0 saturated carbocycles. The molecule has 0 spiro atoms. The van der Waals surface area contributed by atoms with Gasteiger partial charge >= 0.3 is 0 Å². The van der Waals surface area contributed by atoms with Crippen molar-refractivity contribution in [1.29, 1.82) is 0 Å². The largest absolute Gasteiger partial charge is 0.324 e. The second-order valence-electron chi connectivity index (χ2n) is 5.64. The molecule has 3 heteroatoms. The Balaban J connectivity index is 1.87. The quantitative estimate of drug-likeness (QED) is 0.782. The van der Waals surface area contributed by atoms with Crippen LogP contribution < -0.4 is 5.73 Å². The van der Waals surface area contributed by atoms with Crippen LogP contribution >= 0.6 is 0 Å². The van der Waals surface area contributed by atoms with Crippen LogP contribution in [0.25, 0.3) is 0 Å². The molecule has 0 aromatic carbocycles. The molecule has 0 amide bonds. The molecule has 3 nitrogen and oxygen atoms in total. The molecule has 0 radical (unpaired) electrons. The number of rotatable bonds is 4. The Morgan fingerprint density at radius 2 is 1.94 bits per heavy atom. The van der Waals surface area contributed by atoms with Crippen molar-refractivity contribution in [2.75, 3.05) is 32.7 Å². The third-order valence-electron chi connectivity index (χ3n) is 4.62. The van der Waals surface area contributed by atoms with E-state index in [0.717, 1.165) is 25.4 Å². The van der Waals surface area contributed by atoms with E-state index in [2.05, 4.69) is 23.6 Å². The maximum atomic E-state index is 6.41. The van der Waals surface area contributed by atoms with Crippen LogP contribution in [-0.4, -0.2) is 54.1 Å². The zero-order valence-corrected chi connectivity index (χ0v) is 10.9. The molecule has 2 N–H and O–H groups in total. The normalized spacial score (nSPS) is 28.3. The predicted octanol–water partition coefficient (Wildman–Crippen LogP) is 1.28. The molecule has 2 fully saturated rings. The SMILES string of the molecule is CCC(N)(CC)CN1CCN2CCCC2C1. The van der Waals surface area contributed by atoms with Crippen LogP contribution in [0.1, 0.15) is 39.5 Å². The fourth-order valence-electron chi connectivity index (χ4n) is 3.12. The number of piperazine rings is 1. The van der Waals surface area contributed by atoms with Gasteiger partial charge in [0.2, 0.25) is 0 Å². The van der Waals surface area contributed by atoms with Crippen LogP contribution in [0.3, 0.4) is 0 Å². The van der Waals surface area contributed by atoms with Gasteiger partial charge in [-0.15, -0.1) is 0 Å². The number of fused-ring (bicyclic) bond motifs is 1.